The standard InChI is InChI=1S/C12H21N3/c1-8(2)15-11-6-4-5-10(7-13)12(11)9(3)14-15/h8,10H,4-7,13H2,1-3H3. The largest absolute Gasteiger partial charge is 0.330 e. The van der Waals surface area contributed by atoms with Gasteiger partial charge in [-0.3, -0.25) is 4.68 Å². The Hall–Kier alpha value is -0.830. The highest BCUT2D eigenvalue weighted by molar-refractivity contribution is 5.32. The van der Waals surface area contributed by atoms with Gasteiger partial charge in [0, 0.05) is 17.3 Å². The van der Waals surface area contributed by atoms with Gasteiger partial charge >= 0.3 is 0 Å². The normalized spacial score (nSPS) is 20.7. The van der Waals surface area contributed by atoms with Gasteiger partial charge in [0.25, 0.3) is 0 Å². The summed E-state index contributed by atoms with van der Waals surface area (Å²) in [7, 11) is 0. The molecule has 84 valence electrons. The van der Waals surface area contributed by atoms with E-state index in [1.807, 2.05) is 0 Å². The van der Waals surface area contributed by atoms with Crippen molar-refractivity contribution >= 4 is 0 Å². The van der Waals surface area contributed by atoms with Crippen molar-refractivity contribution in [3.63, 3.8) is 0 Å². The molecule has 1 aliphatic carbocycles. The number of aryl methyl sites for hydroxylation is 1. The highest BCUT2D eigenvalue weighted by Gasteiger charge is 2.26. The van der Waals surface area contributed by atoms with E-state index in [9.17, 15) is 0 Å². The molecule has 0 bridgehead atoms. The molecule has 1 aromatic rings. The Labute approximate surface area is 91.7 Å². The Kier molecular flexibility index (Phi) is 2.83. The zero-order valence-electron chi connectivity index (χ0n) is 9.95. The van der Waals surface area contributed by atoms with Crippen LogP contribution < -0.4 is 5.73 Å². The van der Waals surface area contributed by atoms with Crippen molar-refractivity contribution < 1.29 is 0 Å². The van der Waals surface area contributed by atoms with Crippen LogP contribution in [0.25, 0.3) is 0 Å². The van der Waals surface area contributed by atoms with E-state index in [0.717, 1.165) is 6.54 Å². The van der Waals surface area contributed by atoms with Crippen LogP contribution in [0.4, 0.5) is 0 Å². The lowest BCUT2D eigenvalue weighted by Crippen LogP contribution is -2.20. The van der Waals surface area contributed by atoms with Crippen molar-refractivity contribution in [3.8, 4) is 0 Å². The number of hydrogen-bond donors (Lipinski definition) is 1. The summed E-state index contributed by atoms with van der Waals surface area (Å²) >= 11 is 0. The fourth-order valence-corrected chi connectivity index (χ4v) is 2.71. The lowest BCUT2D eigenvalue weighted by molar-refractivity contribution is 0.478. The van der Waals surface area contributed by atoms with E-state index in [1.54, 1.807) is 0 Å². The summed E-state index contributed by atoms with van der Waals surface area (Å²) in [5.74, 6) is 0.543. The molecule has 15 heavy (non-hydrogen) atoms. The van der Waals surface area contributed by atoms with Gasteiger partial charge in [0.05, 0.1) is 5.69 Å². The van der Waals surface area contributed by atoms with E-state index in [0.29, 0.717) is 12.0 Å². The second-order valence-corrected chi connectivity index (χ2v) is 4.81. The molecule has 0 saturated heterocycles. The van der Waals surface area contributed by atoms with Crippen molar-refractivity contribution in [2.75, 3.05) is 6.54 Å². The Morgan fingerprint density at radius 1 is 1.53 bits per heavy atom. The van der Waals surface area contributed by atoms with Gasteiger partial charge in [-0.1, -0.05) is 0 Å². The minimum absolute atomic E-state index is 0.462. The number of hydrogen-bond acceptors (Lipinski definition) is 2. The molecular weight excluding hydrogens is 186 g/mol. The predicted molar refractivity (Wildman–Crippen MR) is 62.1 cm³/mol. The number of nitrogens with zero attached hydrogens (tertiary/aromatic N) is 2. The van der Waals surface area contributed by atoms with Gasteiger partial charge in [0.2, 0.25) is 0 Å². The van der Waals surface area contributed by atoms with Gasteiger partial charge < -0.3 is 5.73 Å². The highest BCUT2D eigenvalue weighted by Crippen LogP contribution is 2.34. The molecule has 1 atom stereocenters. The molecule has 1 heterocycles. The molecule has 0 spiro atoms. The molecule has 0 aromatic carbocycles. The zero-order chi connectivity index (χ0) is 11.0. The van der Waals surface area contributed by atoms with Crippen molar-refractivity contribution in [2.45, 2.75) is 52.0 Å². The minimum atomic E-state index is 0.462. The summed E-state index contributed by atoms with van der Waals surface area (Å²) in [6.45, 7) is 7.26. The lowest BCUT2D eigenvalue weighted by atomic mass is 9.85. The predicted octanol–water partition coefficient (Wildman–Crippen LogP) is 2.15. The third-order valence-corrected chi connectivity index (χ3v) is 3.38. The fraction of sp³-hybridized carbons (Fsp3) is 0.750. The number of nitrogens with two attached hydrogens (primary N) is 1. The summed E-state index contributed by atoms with van der Waals surface area (Å²) in [5.41, 5.74) is 9.90. The highest BCUT2D eigenvalue weighted by atomic mass is 15.3. The van der Waals surface area contributed by atoms with E-state index in [1.165, 1.54) is 36.2 Å². The van der Waals surface area contributed by atoms with E-state index in [-0.39, 0.29) is 0 Å². The maximum Gasteiger partial charge on any atom is 0.0632 e. The first-order valence-corrected chi connectivity index (χ1v) is 5.93. The van der Waals surface area contributed by atoms with Gasteiger partial charge in [-0.25, -0.2) is 0 Å². The fourth-order valence-electron chi connectivity index (χ4n) is 2.71. The summed E-state index contributed by atoms with van der Waals surface area (Å²) in [6, 6.07) is 0.462. The summed E-state index contributed by atoms with van der Waals surface area (Å²) in [6.07, 6.45) is 3.66. The van der Waals surface area contributed by atoms with E-state index in [2.05, 4.69) is 30.6 Å². The molecular formula is C12H21N3. The smallest absolute Gasteiger partial charge is 0.0632 e. The van der Waals surface area contributed by atoms with E-state index >= 15 is 0 Å². The van der Waals surface area contributed by atoms with Crippen molar-refractivity contribution in [1.82, 2.24) is 9.78 Å². The maximum absolute atomic E-state index is 5.84. The molecule has 1 aromatic heterocycles. The van der Waals surface area contributed by atoms with Crippen LogP contribution in [0.5, 0.6) is 0 Å². The van der Waals surface area contributed by atoms with Crippen LogP contribution in [0.1, 0.15) is 55.6 Å². The molecule has 0 saturated carbocycles. The van der Waals surface area contributed by atoms with Crippen LogP contribution in [-0.2, 0) is 6.42 Å². The maximum atomic E-state index is 5.84. The second kappa shape index (κ2) is 3.97. The SMILES string of the molecule is Cc1nn(C(C)C)c2c1C(CN)CCC2. The molecule has 3 heteroatoms. The van der Waals surface area contributed by atoms with Crippen molar-refractivity contribution in [3.05, 3.63) is 17.0 Å². The van der Waals surface area contributed by atoms with E-state index in [4.69, 9.17) is 5.73 Å². The van der Waals surface area contributed by atoms with Gasteiger partial charge in [-0.15, -0.1) is 0 Å². The first-order chi connectivity index (χ1) is 7.15. The molecule has 0 aliphatic heterocycles. The van der Waals surface area contributed by atoms with Crippen molar-refractivity contribution in [2.24, 2.45) is 5.73 Å². The molecule has 1 unspecified atom stereocenters. The molecule has 2 rings (SSSR count). The lowest BCUT2D eigenvalue weighted by Gasteiger charge is -2.23. The summed E-state index contributed by atoms with van der Waals surface area (Å²) < 4.78 is 2.19. The monoisotopic (exact) mass is 207 g/mol. The first kappa shape index (κ1) is 10.7. The van der Waals surface area contributed by atoms with E-state index < -0.39 is 0 Å². The minimum Gasteiger partial charge on any atom is -0.330 e. The summed E-state index contributed by atoms with van der Waals surface area (Å²) in [4.78, 5) is 0. The van der Waals surface area contributed by atoms with Crippen LogP contribution in [-0.4, -0.2) is 16.3 Å². The van der Waals surface area contributed by atoms with Gasteiger partial charge in [-0.2, -0.15) is 5.10 Å². The van der Waals surface area contributed by atoms with Crippen LogP contribution in [0.2, 0.25) is 0 Å². The van der Waals surface area contributed by atoms with Crippen LogP contribution in [0, 0.1) is 6.92 Å². The molecule has 0 fully saturated rings. The Balaban J connectivity index is 2.48. The van der Waals surface area contributed by atoms with Crippen LogP contribution >= 0.6 is 0 Å². The molecule has 0 radical (unpaired) electrons. The average molecular weight is 207 g/mol. The third kappa shape index (κ3) is 1.69. The summed E-state index contributed by atoms with van der Waals surface area (Å²) in [5, 5.41) is 4.65. The Morgan fingerprint density at radius 2 is 2.27 bits per heavy atom. The molecule has 2 N–H and O–H groups in total. The number of fused-ring (bicyclic) bond motifs is 1. The first-order valence-electron chi connectivity index (χ1n) is 5.93. The molecule has 0 amide bonds. The Bertz CT molecular complexity index is 352. The number of rotatable bonds is 2. The zero-order valence-corrected chi connectivity index (χ0v) is 9.95. The van der Waals surface area contributed by atoms with Gasteiger partial charge in [0.1, 0.15) is 0 Å². The van der Waals surface area contributed by atoms with Crippen LogP contribution in [0.15, 0.2) is 0 Å². The number of aromatic nitrogens is 2. The van der Waals surface area contributed by atoms with Crippen LogP contribution in [0.3, 0.4) is 0 Å². The molecule has 3 nitrogen and oxygen atoms in total. The van der Waals surface area contributed by atoms with Crippen molar-refractivity contribution in [1.29, 1.82) is 0 Å². The van der Waals surface area contributed by atoms with Gasteiger partial charge in [-0.05, 0) is 52.5 Å². The topological polar surface area (TPSA) is 43.8 Å². The second-order valence-electron chi connectivity index (χ2n) is 4.81. The average Bonchev–Trinajstić information content (AvgIpc) is 2.56. The quantitative estimate of drug-likeness (QED) is 0.807. The third-order valence-electron chi connectivity index (χ3n) is 3.38. The molecule has 1 aliphatic rings. The van der Waals surface area contributed by atoms with Gasteiger partial charge in [0.15, 0.2) is 0 Å². The Morgan fingerprint density at radius 3 is 2.87 bits per heavy atom.